The number of rotatable bonds is 2. The highest BCUT2D eigenvalue weighted by atomic mass is 32.2. The predicted molar refractivity (Wildman–Crippen MR) is 57.1 cm³/mol. The Kier molecular flexibility index (Phi) is 2.84. The lowest BCUT2D eigenvalue weighted by molar-refractivity contribution is 0.106. The first kappa shape index (κ1) is 10.4. The molecule has 2 rings (SSSR count). The number of sulfone groups is 1. The van der Waals surface area contributed by atoms with E-state index in [2.05, 4.69) is 4.90 Å². The Labute approximate surface area is 86.4 Å². The SMILES string of the molecule is CS(=O)(=O)C1CCN(C2CCC2)CC1. The maximum atomic E-state index is 11.3. The molecule has 0 atom stereocenters. The maximum absolute atomic E-state index is 11.3. The van der Waals surface area contributed by atoms with Gasteiger partial charge in [-0.25, -0.2) is 8.42 Å². The summed E-state index contributed by atoms with van der Waals surface area (Å²) in [6.45, 7) is 1.98. The summed E-state index contributed by atoms with van der Waals surface area (Å²) in [5, 5.41) is -0.0705. The molecular formula is C10H19NO2S. The number of hydrogen-bond acceptors (Lipinski definition) is 3. The normalized spacial score (nSPS) is 27.5. The molecule has 0 amide bonds. The van der Waals surface area contributed by atoms with Gasteiger partial charge in [-0.15, -0.1) is 0 Å². The second-order valence-corrected chi connectivity index (χ2v) is 6.98. The zero-order valence-electron chi connectivity index (χ0n) is 8.78. The van der Waals surface area contributed by atoms with Crippen LogP contribution in [0.5, 0.6) is 0 Å². The molecule has 0 radical (unpaired) electrons. The molecule has 1 saturated carbocycles. The molecule has 2 aliphatic rings. The standard InChI is InChI=1S/C10H19NO2S/c1-14(12,13)10-5-7-11(8-6-10)9-3-2-4-9/h9-10H,2-8H2,1H3. The van der Waals surface area contributed by atoms with Gasteiger partial charge in [-0.3, -0.25) is 0 Å². The molecule has 1 saturated heterocycles. The van der Waals surface area contributed by atoms with Gasteiger partial charge in [0.2, 0.25) is 0 Å². The summed E-state index contributed by atoms with van der Waals surface area (Å²) >= 11 is 0. The van der Waals surface area contributed by atoms with E-state index in [0.29, 0.717) is 0 Å². The monoisotopic (exact) mass is 217 g/mol. The van der Waals surface area contributed by atoms with Crippen LogP contribution < -0.4 is 0 Å². The quantitative estimate of drug-likeness (QED) is 0.694. The molecule has 0 spiro atoms. The van der Waals surface area contributed by atoms with Crippen molar-refractivity contribution >= 4 is 9.84 Å². The molecular weight excluding hydrogens is 198 g/mol. The second kappa shape index (κ2) is 3.81. The number of nitrogens with zero attached hydrogens (tertiary/aromatic N) is 1. The van der Waals surface area contributed by atoms with Crippen molar-refractivity contribution in [3.8, 4) is 0 Å². The Morgan fingerprint density at radius 1 is 1.07 bits per heavy atom. The fraction of sp³-hybridized carbons (Fsp3) is 1.00. The van der Waals surface area contributed by atoms with Gasteiger partial charge in [0.05, 0.1) is 5.25 Å². The third-order valence-electron chi connectivity index (χ3n) is 3.67. The second-order valence-electron chi connectivity index (χ2n) is 4.65. The number of piperidine rings is 1. The van der Waals surface area contributed by atoms with Crippen molar-refractivity contribution in [1.82, 2.24) is 4.90 Å². The third kappa shape index (κ3) is 2.11. The predicted octanol–water partition coefficient (Wildman–Crippen LogP) is 1.05. The molecule has 0 N–H and O–H groups in total. The zero-order valence-corrected chi connectivity index (χ0v) is 9.59. The van der Waals surface area contributed by atoms with Crippen LogP contribution in [0.15, 0.2) is 0 Å². The molecule has 3 nitrogen and oxygen atoms in total. The van der Waals surface area contributed by atoms with Gasteiger partial charge in [-0.05, 0) is 38.8 Å². The number of hydrogen-bond donors (Lipinski definition) is 0. The van der Waals surface area contributed by atoms with E-state index < -0.39 is 9.84 Å². The first-order valence-electron chi connectivity index (χ1n) is 5.50. The molecule has 82 valence electrons. The smallest absolute Gasteiger partial charge is 0.150 e. The van der Waals surface area contributed by atoms with E-state index >= 15 is 0 Å². The number of likely N-dealkylation sites (tertiary alicyclic amines) is 1. The van der Waals surface area contributed by atoms with Crippen molar-refractivity contribution in [2.24, 2.45) is 0 Å². The fourth-order valence-corrected chi connectivity index (χ4v) is 3.49. The Morgan fingerprint density at radius 2 is 1.64 bits per heavy atom. The summed E-state index contributed by atoms with van der Waals surface area (Å²) in [4.78, 5) is 2.48. The Hall–Kier alpha value is -0.0900. The molecule has 0 unspecified atom stereocenters. The van der Waals surface area contributed by atoms with Crippen LogP contribution in [-0.2, 0) is 9.84 Å². The third-order valence-corrected chi connectivity index (χ3v) is 5.36. The summed E-state index contributed by atoms with van der Waals surface area (Å²) in [6, 6.07) is 0.774. The lowest BCUT2D eigenvalue weighted by Crippen LogP contribution is -2.47. The van der Waals surface area contributed by atoms with Gasteiger partial charge in [0.1, 0.15) is 9.84 Å². The molecule has 0 aromatic rings. The lowest BCUT2D eigenvalue weighted by atomic mass is 9.90. The molecule has 0 aromatic heterocycles. The van der Waals surface area contributed by atoms with Crippen LogP contribution in [0, 0.1) is 0 Å². The average molecular weight is 217 g/mol. The molecule has 1 aliphatic carbocycles. The van der Waals surface area contributed by atoms with Gasteiger partial charge in [-0.1, -0.05) is 6.42 Å². The zero-order chi connectivity index (χ0) is 10.2. The van der Waals surface area contributed by atoms with Crippen molar-refractivity contribution in [2.75, 3.05) is 19.3 Å². The van der Waals surface area contributed by atoms with Gasteiger partial charge < -0.3 is 4.90 Å². The van der Waals surface area contributed by atoms with Crippen molar-refractivity contribution in [1.29, 1.82) is 0 Å². The van der Waals surface area contributed by atoms with E-state index in [1.807, 2.05) is 0 Å². The van der Waals surface area contributed by atoms with Gasteiger partial charge in [0.15, 0.2) is 0 Å². The largest absolute Gasteiger partial charge is 0.300 e. The van der Waals surface area contributed by atoms with Gasteiger partial charge in [0.25, 0.3) is 0 Å². The Morgan fingerprint density at radius 3 is 2.00 bits per heavy atom. The molecule has 4 heteroatoms. The van der Waals surface area contributed by atoms with Crippen LogP contribution in [0.2, 0.25) is 0 Å². The molecule has 1 aliphatic heterocycles. The first-order valence-corrected chi connectivity index (χ1v) is 7.46. The van der Waals surface area contributed by atoms with E-state index in [1.165, 1.54) is 25.5 Å². The Bertz CT molecular complexity index is 287. The van der Waals surface area contributed by atoms with Crippen LogP contribution in [0.1, 0.15) is 32.1 Å². The minimum atomic E-state index is -2.79. The van der Waals surface area contributed by atoms with Crippen molar-refractivity contribution in [3.05, 3.63) is 0 Å². The summed E-state index contributed by atoms with van der Waals surface area (Å²) < 4.78 is 22.7. The highest BCUT2D eigenvalue weighted by Gasteiger charge is 2.31. The topological polar surface area (TPSA) is 37.4 Å². The van der Waals surface area contributed by atoms with Crippen molar-refractivity contribution < 1.29 is 8.42 Å². The van der Waals surface area contributed by atoms with Gasteiger partial charge in [0, 0.05) is 12.3 Å². The molecule has 2 fully saturated rings. The van der Waals surface area contributed by atoms with E-state index in [1.54, 1.807) is 0 Å². The minimum Gasteiger partial charge on any atom is -0.300 e. The van der Waals surface area contributed by atoms with Crippen molar-refractivity contribution in [3.63, 3.8) is 0 Å². The first-order chi connectivity index (χ1) is 6.57. The summed E-state index contributed by atoms with van der Waals surface area (Å²) in [7, 11) is -2.79. The van der Waals surface area contributed by atoms with Crippen LogP contribution in [0.25, 0.3) is 0 Å². The summed E-state index contributed by atoms with van der Waals surface area (Å²) in [5.41, 5.74) is 0. The van der Waals surface area contributed by atoms with Crippen LogP contribution in [-0.4, -0.2) is 44.0 Å². The van der Waals surface area contributed by atoms with E-state index in [9.17, 15) is 8.42 Å². The van der Waals surface area contributed by atoms with E-state index in [4.69, 9.17) is 0 Å². The maximum Gasteiger partial charge on any atom is 0.150 e. The minimum absolute atomic E-state index is 0.0705. The molecule has 1 heterocycles. The molecule has 14 heavy (non-hydrogen) atoms. The molecule has 0 aromatic carbocycles. The fourth-order valence-electron chi connectivity index (χ4n) is 2.42. The van der Waals surface area contributed by atoms with Crippen LogP contribution in [0.3, 0.4) is 0 Å². The highest BCUT2D eigenvalue weighted by Crippen LogP contribution is 2.28. The average Bonchev–Trinajstić information content (AvgIpc) is 2.00. The van der Waals surface area contributed by atoms with Crippen LogP contribution >= 0.6 is 0 Å². The summed E-state index contributed by atoms with van der Waals surface area (Å²) in [5.74, 6) is 0. The van der Waals surface area contributed by atoms with Gasteiger partial charge in [-0.2, -0.15) is 0 Å². The Balaban J connectivity index is 1.85. The van der Waals surface area contributed by atoms with E-state index in [0.717, 1.165) is 32.0 Å². The van der Waals surface area contributed by atoms with Crippen molar-refractivity contribution in [2.45, 2.75) is 43.4 Å². The highest BCUT2D eigenvalue weighted by molar-refractivity contribution is 7.91. The van der Waals surface area contributed by atoms with Crippen LogP contribution in [0.4, 0.5) is 0 Å². The lowest BCUT2D eigenvalue weighted by Gasteiger charge is -2.41. The molecule has 0 bridgehead atoms. The van der Waals surface area contributed by atoms with Gasteiger partial charge >= 0.3 is 0 Å². The van der Waals surface area contributed by atoms with E-state index in [-0.39, 0.29) is 5.25 Å². The summed E-state index contributed by atoms with van der Waals surface area (Å²) in [6.07, 6.45) is 7.06.